The average Bonchev–Trinajstić information content (AvgIpc) is 2.55. The third kappa shape index (κ3) is 3.32. The zero-order chi connectivity index (χ0) is 14.7. The molecule has 0 bridgehead atoms. The van der Waals surface area contributed by atoms with Gasteiger partial charge in [0.05, 0.1) is 0 Å². The molecule has 3 heteroatoms. The normalized spacial score (nSPS) is 23.7. The van der Waals surface area contributed by atoms with Crippen molar-refractivity contribution < 1.29 is 5.11 Å². The average molecular weight is 282 g/mol. The minimum Gasteiger partial charge on any atom is -0.384 e. The molecular weight excluding hydrogens is 260 g/mol. The van der Waals surface area contributed by atoms with Crippen molar-refractivity contribution in [2.75, 3.05) is 13.1 Å². The van der Waals surface area contributed by atoms with E-state index in [0.29, 0.717) is 5.92 Å². The Labute approximate surface area is 125 Å². The van der Waals surface area contributed by atoms with Crippen molar-refractivity contribution in [2.24, 2.45) is 5.73 Å². The van der Waals surface area contributed by atoms with Gasteiger partial charge >= 0.3 is 0 Å². The van der Waals surface area contributed by atoms with Crippen molar-refractivity contribution in [2.45, 2.75) is 24.5 Å². The maximum atomic E-state index is 10.4. The topological polar surface area (TPSA) is 58.3 Å². The number of aliphatic hydroxyl groups is 1. The van der Waals surface area contributed by atoms with Crippen molar-refractivity contribution in [3.63, 3.8) is 0 Å². The van der Waals surface area contributed by atoms with E-state index in [2.05, 4.69) is 17.4 Å². The molecule has 0 aromatic heterocycles. The van der Waals surface area contributed by atoms with Gasteiger partial charge in [0.25, 0.3) is 0 Å². The summed E-state index contributed by atoms with van der Waals surface area (Å²) in [5.41, 5.74) is 9.16. The molecule has 3 nitrogen and oxygen atoms in total. The summed E-state index contributed by atoms with van der Waals surface area (Å²) in [6, 6.07) is 18.3. The van der Waals surface area contributed by atoms with Gasteiger partial charge in [0.1, 0.15) is 6.10 Å². The predicted molar refractivity (Wildman–Crippen MR) is 85.1 cm³/mol. The molecule has 0 saturated carbocycles. The van der Waals surface area contributed by atoms with Crippen LogP contribution in [0.3, 0.4) is 0 Å². The number of rotatable bonds is 3. The van der Waals surface area contributed by atoms with Gasteiger partial charge in [-0.25, -0.2) is 0 Å². The van der Waals surface area contributed by atoms with E-state index in [-0.39, 0.29) is 6.04 Å². The van der Waals surface area contributed by atoms with Gasteiger partial charge in [-0.1, -0.05) is 54.6 Å². The van der Waals surface area contributed by atoms with Crippen LogP contribution in [0.1, 0.15) is 35.1 Å². The van der Waals surface area contributed by atoms with E-state index in [9.17, 15) is 5.11 Å². The summed E-state index contributed by atoms with van der Waals surface area (Å²) in [7, 11) is 0. The summed E-state index contributed by atoms with van der Waals surface area (Å²) in [6.07, 6.45) is 0.458. The van der Waals surface area contributed by atoms with E-state index in [0.717, 1.165) is 30.6 Å². The number of nitrogens with one attached hydrogen (secondary N) is 1. The summed E-state index contributed by atoms with van der Waals surface area (Å²) in [5, 5.41) is 13.8. The number of hydrogen-bond donors (Lipinski definition) is 3. The molecule has 1 aliphatic rings. The highest BCUT2D eigenvalue weighted by molar-refractivity contribution is 5.33. The third-order valence-electron chi connectivity index (χ3n) is 4.22. The minimum atomic E-state index is -0.563. The van der Waals surface area contributed by atoms with Gasteiger partial charge in [0.15, 0.2) is 0 Å². The van der Waals surface area contributed by atoms with Crippen LogP contribution >= 0.6 is 0 Å². The zero-order valence-corrected chi connectivity index (χ0v) is 12.1. The highest BCUT2D eigenvalue weighted by Crippen LogP contribution is 2.26. The molecule has 0 aliphatic carbocycles. The lowest BCUT2D eigenvalue weighted by Crippen LogP contribution is -2.43. The van der Waals surface area contributed by atoms with Crippen molar-refractivity contribution >= 4 is 0 Å². The summed E-state index contributed by atoms with van der Waals surface area (Å²) in [4.78, 5) is 0. The number of hydrogen-bond acceptors (Lipinski definition) is 3. The van der Waals surface area contributed by atoms with Gasteiger partial charge in [-0.3, -0.25) is 0 Å². The monoisotopic (exact) mass is 282 g/mol. The number of piperidine rings is 1. The predicted octanol–water partition coefficient (Wildman–Crippen LogP) is 2.17. The Morgan fingerprint density at radius 3 is 2.29 bits per heavy atom. The van der Waals surface area contributed by atoms with E-state index in [1.54, 1.807) is 0 Å². The van der Waals surface area contributed by atoms with Crippen LogP contribution in [0.2, 0.25) is 0 Å². The molecule has 1 heterocycles. The van der Waals surface area contributed by atoms with Crippen molar-refractivity contribution in [1.29, 1.82) is 0 Å². The van der Waals surface area contributed by atoms with Gasteiger partial charge in [0.2, 0.25) is 0 Å². The first-order valence-corrected chi connectivity index (χ1v) is 7.53. The SMILES string of the molecule is NC1CNCC(c2ccc(C(O)c3ccccc3)cc2)C1. The van der Waals surface area contributed by atoms with E-state index in [1.807, 2.05) is 42.5 Å². The Morgan fingerprint density at radius 1 is 0.952 bits per heavy atom. The number of aliphatic hydroxyl groups excluding tert-OH is 1. The quantitative estimate of drug-likeness (QED) is 0.808. The summed E-state index contributed by atoms with van der Waals surface area (Å²) < 4.78 is 0. The summed E-state index contributed by atoms with van der Waals surface area (Å²) >= 11 is 0. The fraction of sp³-hybridized carbons (Fsp3) is 0.333. The molecule has 2 aromatic rings. The molecule has 0 spiro atoms. The molecule has 110 valence electrons. The lowest BCUT2D eigenvalue weighted by Gasteiger charge is -2.28. The highest BCUT2D eigenvalue weighted by atomic mass is 16.3. The molecule has 1 fully saturated rings. The Balaban J connectivity index is 1.75. The lowest BCUT2D eigenvalue weighted by molar-refractivity contribution is 0.220. The molecule has 0 radical (unpaired) electrons. The maximum absolute atomic E-state index is 10.4. The molecule has 21 heavy (non-hydrogen) atoms. The van der Waals surface area contributed by atoms with Gasteiger partial charge in [-0.05, 0) is 29.0 Å². The van der Waals surface area contributed by atoms with Crippen LogP contribution in [-0.4, -0.2) is 24.2 Å². The van der Waals surface area contributed by atoms with Crippen LogP contribution < -0.4 is 11.1 Å². The van der Waals surface area contributed by atoms with Crippen LogP contribution in [0.5, 0.6) is 0 Å². The molecule has 3 atom stereocenters. The van der Waals surface area contributed by atoms with Crippen molar-refractivity contribution in [3.8, 4) is 0 Å². The van der Waals surface area contributed by atoms with Gasteiger partial charge in [-0.15, -0.1) is 0 Å². The van der Waals surface area contributed by atoms with E-state index >= 15 is 0 Å². The molecule has 2 aromatic carbocycles. The second kappa shape index (κ2) is 6.39. The minimum absolute atomic E-state index is 0.235. The van der Waals surface area contributed by atoms with Crippen LogP contribution in [0.25, 0.3) is 0 Å². The first-order valence-electron chi connectivity index (χ1n) is 7.53. The molecule has 1 aliphatic heterocycles. The van der Waals surface area contributed by atoms with Crippen LogP contribution in [0.15, 0.2) is 54.6 Å². The zero-order valence-electron chi connectivity index (χ0n) is 12.1. The lowest BCUT2D eigenvalue weighted by atomic mass is 9.88. The van der Waals surface area contributed by atoms with E-state index in [4.69, 9.17) is 5.73 Å². The first kappa shape index (κ1) is 14.3. The van der Waals surface area contributed by atoms with Crippen molar-refractivity contribution in [3.05, 3.63) is 71.3 Å². The third-order valence-corrected chi connectivity index (χ3v) is 4.22. The molecule has 0 amide bonds. The fourth-order valence-electron chi connectivity index (χ4n) is 3.01. The number of nitrogens with two attached hydrogens (primary N) is 1. The van der Waals surface area contributed by atoms with E-state index < -0.39 is 6.10 Å². The smallest absolute Gasteiger partial charge is 0.104 e. The van der Waals surface area contributed by atoms with Crippen LogP contribution in [0.4, 0.5) is 0 Å². The second-order valence-corrected chi connectivity index (χ2v) is 5.83. The van der Waals surface area contributed by atoms with Crippen LogP contribution in [-0.2, 0) is 0 Å². The Bertz CT molecular complexity index is 568. The Kier molecular flexibility index (Phi) is 4.34. The second-order valence-electron chi connectivity index (χ2n) is 5.83. The van der Waals surface area contributed by atoms with Crippen LogP contribution in [0, 0.1) is 0 Å². The molecule has 3 rings (SSSR count). The summed E-state index contributed by atoms with van der Waals surface area (Å²) in [5.74, 6) is 0.469. The van der Waals surface area contributed by atoms with Gasteiger partial charge in [-0.2, -0.15) is 0 Å². The molecule has 3 unspecified atom stereocenters. The fourth-order valence-corrected chi connectivity index (χ4v) is 3.01. The van der Waals surface area contributed by atoms with Crippen molar-refractivity contribution in [1.82, 2.24) is 5.32 Å². The maximum Gasteiger partial charge on any atom is 0.104 e. The standard InChI is InChI=1S/C18H22N2O/c19-17-10-16(11-20-12-17)13-6-8-15(9-7-13)18(21)14-4-2-1-3-5-14/h1-9,16-18,20-21H,10-12,19H2. The molecular formula is C18H22N2O. The first-order chi connectivity index (χ1) is 10.2. The van der Waals surface area contributed by atoms with E-state index in [1.165, 1.54) is 5.56 Å². The summed E-state index contributed by atoms with van der Waals surface area (Å²) in [6.45, 7) is 1.88. The largest absolute Gasteiger partial charge is 0.384 e. The van der Waals surface area contributed by atoms with Gasteiger partial charge < -0.3 is 16.2 Å². The molecule has 4 N–H and O–H groups in total. The highest BCUT2D eigenvalue weighted by Gasteiger charge is 2.20. The number of benzene rings is 2. The Morgan fingerprint density at radius 2 is 1.62 bits per heavy atom. The Hall–Kier alpha value is -1.68. The molecule has 1 saturated heterocycles. The van der Waals surface area contributed by atoms with Gasteiger partial charge in [0, 0.05) is 19.1 Å².